The average Bonchev–Trinajstić information content (AvgIpc) is 2.52. The maximum Gasteiger partial charge on any atom is 0.226 e. The normalized spacial score (nSPS) is 33.1. The first-order chi connectivity index (χ1) is 12.3. The van der Waals surface area contributed by atoms with Crippen molar-refractivity contribution < 1.29 is 14.7 Å². The summed E-state index contributed by atoms with van der Waals surface area (Å²) in [6.45, 7) is 0. The zero-order valence-electron chi connectivity index (χ0n) is 14.5. The lowest BCUT2D eigenvalue weighted by Gasteiger charge is -2.55. The van der Waals surface area contributed by atoms with Gasteiger partial charge in [-0.3, -0.25) is 4.79 Å². The van der Waals surface area contributed by atoms with Crippen LogP contribution in [0.3, 0.4) is 0 Å². The van der Waals surface area contributed by atoms with E-state index in [4.69, 9.17) is 23.2 Å². The van der Waals surface area contributed by atoms with E-state index in [0.29, 0.717) is 33.4 Å². The number of rotatable bonds is 5. The molecule has 0 radical (unpaired) electrons. The summed E-state index contributed by atoms with van der Waals surface area (Å²) in [4.78, 5) is 24.5. The molecule has 6 heteroatoms. The minimum Gasteiger partial charge on any atom is -0.550 e. The van der Waals surface area contributed by atoms with Crippen LogP contribution in [0.1, 0.15) is 56.6 Å². The van der Waals surface area contributed by atoms with Gasteiger partial charge in [0.25, 0.3) is 0 Å². The molecule has 4 saturated carbocycles. The summed E-state index contributed by atoms with van der Waals surface area (Å²) in [5.41, 5.74) is 0.232. The maximum absolute atomic E-state index is 13.2. The molecule has 4 fully saturated rings. The third kappa shape index (κ3) is 3.34. The van der Waals surface area contributed by atoms with Crippen molar-refractivity contribution in [1.82, 2.24) is 5.32 Å². The van der Waals surface area contributed by atoms with Crippen LogP contribution in [0.2, 0.25) is 10.0 Å². The Bertz CT molecular complexity index is 713. The Labute approximate surface area is 163 Å². The quantitative estimate of drug-likeness (QED) is 0.830. The highest BCUT2D eigenvalue weighted by atomic mass is 35.5. The molecule has 0 aromatic heterocycles. The summed E-state index contributed by atoms with van der Waals surface area (Å²) in [5, 5.41) is 15.1. The molecule has 0 saturated heterocycles. The van der Waals surface area contributed by atoms with Gasteiger partial charge in [0, 0.05) is 27.9 Å². The topological polar surface area (TPSA) is 69.2 Å². The number of carboxylic acids is 1. The molecule has 4 aliphatic rings. The molecule has 1 atom stereocenters. The van der Waals surface area contributed by atoms with Crippen LogP contribution in [0.5, 0.6) is 0 Å². The van der Waals surface area contributed by atoms with Crippen LogP contribution in [0.4, 0.5) is 0 Å². The number of carbonyl (C=O) groups is 2. The first-order valence-electron chi connectivity index (χ1n) is 9.30. The Morgan fingerprint density at radius 1 is 1.12 bits per heavy atom. The molecule has 1 aromatic rings. The third-order valence-corrected chi connectivity index (χ3v) is 7.10. The molecule has 4 aliphatic carbocycles. The van der Waals surface area contributed by atoms with Crippen LogP contribution in [0, 0.1) is 23.2 Å². The Balaban J connectivity index is 1.57. The standard InChI is InChI=1S/C20H23Cl2NO3/c21-14-1-2-15(16(22)6-14)17(7-18(24)25)23-19(26)20-8-11-3-12(9-20)5-13(4-11)10-20/h1-2,6,11-13,17H,3-5,7-10H2,(H,23,26)(H,24,25)/p-1/t11?,12?,13?,17-,20?/m0/s1. The van der Waals surface area contributed by atoms with Gasteiger partial charge in [0.15, 0.2) is 0 Å². The fraction of sp³-hybridized carbons (Fsp3) is 0.600. The molecule has 26 heavy (non-hydrogen) atoms. The largest absolute Gasteiger partial charge is 0.550 e. The second-order valence-corrected chi connectivity index (χ2v) is 9.31. The highest BCUT2D eigenvalue weighted by Gasteiger charge is 2.54. The molecule has 1 N–H and O–H groups in total. The number of aliphatic carboxylic acids is 1. The van der Waals surface area contributed by atoms with E-state index >= 15 is 0 Å². The number of halogens is 2. The van der Waals surface area contributed by atoms with Gasteiger partial charge in [-0.2, -0.15) is 0 Å². The van der Waals surface area contributed by atoms with Gasteiger partial charge in [-0.25, -0.2) is 0 Å². The van der Waals surface area contributed by atoms with Gasteiger partial charge in [0.05, 0.1) is 6.04 Å². The van der Waals surface area contributed by atoms with Crippen molar-refractivity contribution in [3.63, 3.8) is 0 Å². The summed E-state index contributed by atoms with van der Waals surface area (Å²) in [6.07, 6.45) is 6.22. The SMILES string of the molecule is O=C([O-])C[C@H](NC(=O)C12CC3CC(CC(C3)C1)C2)c1ccc(Cl)cc1Cl. The number of amides is 1. The lowest BCUT2D eigenvalue weighted by atomic mass is 9.49. The van der Waals surface area contributed by atoms with Crippen molar-refractivity contribution in [2.75, 3.05) is 0 Å². The zero-order chi connectivity index (χ0) is 18.5. The van der Waals surface area contributed by atoms with Crippen molar-refractivity contribution in [1.29, 1.82) is 0 Å². The van der Waals surface area contributed by atoms with Crippen molar-refractivity contribution in [3.05, 3.63) is 33.8 Å². The predicted octanol–water partition coefficient (Wildman–Crippen LogP) is 3.51. The fourth-order valence-corrected chi connectivity index (χ4v) is 6.43. The van der Waals surface area contributed by atoms with Gasteiger partial charge in [0.2, 0.25) is 5.91 Å². The first kappa shape index (κ1) is 18.1. The van der Waals surface area contributed by atoms with Crippen LogP contribution < -0.4 is 10.4 Å². The molecule has 4 nitrogen and oxygen atoms in total. The van der Waals surface area contributed by atoms with Crippen molar-refractivity contribution in [2.45, 2.75) is 51.0 Å². The second kappa shape index (κ2) is 6.72. The minimum atomic E-state index is -1.22. The average molecular weight is 395 g/mol. The predicted molar refractivity (Wildman–Crippen MR) is 97.6 cm³/mol. The first-order valence-corrected chi connectivity index (χ1v) is 10.1. The van der Waals surface area contributed by atoms with Crippen LogP contribution in [-0.4, -0.2) is 11.9 Å². The molecule has 1 aromatic carbocycles. The van der Waals surface area contributed by atoms with Crippen molar-refractivity contribution in [2.24, 2.45) is 23.2 Å². The Morgan fingerprint density at radius 3 is 2.19 bits per heavy atom. The number of hydrogen-bond donors (Lipinski definition) is 1. The molecule has 4 bridgehead atoms. The molecular weight excluding hydrogens is 373 g/mol. The smallest absolute Gasteiger partial charge is 0.226 e. The molecule has 0 heterocycles. The van der Waals surface area contributed by atoms with E-state index < -0.39 is 12.0 Å². The fourth-order valence-electron chi connectivity index (χ4n) is 5.89. The lowest BCUT2D eigenvalue weighted by molar-refractivity contribution is -0.306. The maximum atomic E-state index is 13.2. The summed E-state index contributed by atoms with van der Waals surface area (Å²) in [5.74, 6) is 0.697. The Hall–Kier alpha value is -1.26. The minimum absolute atomic E-state index is 0.0196. The number of benzene rings is 1. The molecule has 1 amide bonds. The molecular formula is C20H22Cl2NO3-. The Kier molecular flexibility index (Phi) is 4.68. The van der Waals surface area contributed by atoms with Gasteiger partial charge in [-0.05, 0) is 74.0 Å². The van der Waals surface area contributed by atoms with Gasteiger partial charge in [-0.1, -0.05) is 29.3 Å². The van der Waals surface area contributed by atoms with E-state index in [2.05, 4.69) is 5.32 Å². The highest BCUT2D eigenvalue weighted by molar-refractivity contribution is 6.35. The Morgan fingerprint density at radius 2 is 1.69 bits per heavy atom. The number of nitrogens with one attached hydrogen (secondary N) is 1. The summed E-state index contributed by atoms with van der Waals surface area (Å²) in [7, 11) is 0. The van der Waals surface area contributed by atoms with Gasteiger partial charge in [0.1, 0.15) is 0 Å². The second-order valence-electron chi connectivity index (χ2n) is 8.47. The van der Waals surface area contributed by atoms with E-state index in [1.54, 1.807) is 18.2 Å². The van der Waals surface area contributed by atoms with E-state index in [-0.39, 0.29) is 17.7 Å². The lowest BCUT2D eigenvalue weighted by Crippen LogP contribution is -2.54. The molecule has 140 valence electrons. The highest BCUT2D eigenvalue weighted by Crippen LogP contribution is 2.60. The van der Waals surface area contributed by atoms with Crippen LogP contribution in [-0.2, 0) is 9.59 Å². The third-order valence-electron chi connectivity index (χ3n) is 6.53. The zero-order valence-corrected chi connectivity index (χ0v) is 16.0. The number of carboxylic acid groups (broad SMARTS) is 1. The molecule has 0 unspecified atom stereocenters. The molecule has 5 rings (SSSR count). The molecule has 0 spiro atoms. The van der Waals surface area contributed by atoms with Crippen molar-refractivity contribution in [3.8, 4) is 0 Å². The van der Waals surface area contributed by atoms with E-state index in [1.807, 2.05) is 0 Å². The summed E-state index contributed by atoms with van der Waals surface area (Å²) in [6, 6.07) is 4.20. The summed E-state index contributed by atoms with van der Waals surface area (Å²) >= 11 is 12.2. The van der Waals surface area contributed by atoms with Crippen LogP contribution in [0.15, 0.2) is 18.2 Å². The van der Waals surface area contributed by atoms with Gasteiger partial charge in [-0.15, -0.1) is 0 Å². The number of carbonyl (C=O) groups excluding carboxylic acids is 2. The van der Waals surface area contributed by atoms with E-state index in [1.165, 1.54) is 19.3 Å². The van der Waals surface area contributed by atoms with Crippen molar-refractivity contribution >= 4 is 35.1 Å². The monoisotopic (exact) mass is 394 g/mol. The van der Waals surface area contributed by atoms with Crippen LogP contribution >= 0.6 is 23.2 Å². The van der Waals surface area contributed by atoms with Gasteiger partial charge < -0.3 is 15.2 Å². The van der Waals surface area contributed by atoms with E-state index in [0.717, 1.165) is 19.3 Å². The van der Waals surface area contributed by atoms with E-state index in [9.17, 15) is 14.7 Å². The number of hydrogen-bond acceptors (Lipinski definition) is 3. The summed E-state index contributed by atoms with van der Waals surface area (Å²) < 4.78 is 0. The van der Waals surface area contributed by atoms with Gasteiger partial charge >= 0.3 is 0 Å². The molecule has 0 aliphatic heterocycles. The van der Waals surface area contributed by atoms with Crippen LogP contribution in [0.25, 0.3) is 0 Å².